The van der Waals surface area contributed by atoms with E-state index in [1.54, 1.807) is 0 Å². The van der Waals surface area contributed by atoms with Crippen LogP contribution in [0.5, 0.6) is 5.75 Å². The molecular formula is C28H32N2O. The molecule has 0 amide bonds. The molecule has 1 unspecified atom stereocenters. The van der Waals surface area contributed by atoms with Crippen LogP contribution in [0.2, 0.25) is 0 Å². The van der Waals surface area contributed by atoms with Crippen molar-refractivity contribution in [2.24, 2.45) is 5.92 Å². The molecule has 4 aromatic rings. The Kier molecular flexibility index (Phi) is 6.41. The molecule has 0 saturated carbocycles. The number of aryl methyl sites for hydroxylation is 1. The second-order valence-corrected chi connectivity index (χ2v) is 8.83. The van der Waals surface area contributed by atoms with Crippen LogP contribution >= 0.6 is 0 Å². The summed E-state index contributed by atoms with van der Waals surface area (Å²) >= 11 is 0. The topological polar surface area (TPSA) is 27.1 Å². The molecule has 0 bridgehead atoms. The number of benzene rings is 3. The van der Waals surface area contributed by atoms with Crippen LogP contribution in [0, 0.1) is 12.8 Å². The summed E-state index contributed by atoms with van der Waals surface area (Å²) in [5, 5.41) is 0. The molecule has 0 aliphatic carbocycles. The molecule has 3 nitrogen and oxygen atoms in total. The van der Waals surface area contributed by atoms with E-state index in [1.807, 2.05) is 12.1 Å². The average Bonchev–Trinajstić information content (AvgIpc) is 3.13. The van der Waals surface area contributed by atoms with Gasteiger partial charge in [0.1, 0.15) is 18.2 Å². The lowest BCUT2D eigenvalue weighted by molar-refractivity contribution is 0.298. The molecule has 3 heteroatoms. The van der Waals surface area contributed by atoms with Crippen molar-refractivity contribution in [1.82, 2.24) is 9.55 Å². The lowest BCUT2D eigenvalue weighted by Crippen LogP contribution is -2.13. The largest absolute Gasteiger partial charge is 0.492 e. The molecule has 0 fully saturated rings. The Morgan fingerprint density at radius 1 is 0.871 bits per heavy atom. The molecule has 0 aliphatic rings. The van der Waals surface area contributed by atoms with E-state index in [0.717, 1.165) is 35.6 Å². The third-order valence-electron chi connectivity index (χ3n) is 5.80. The van der Waals surface area contributed by atoms with Crippen LogP contribution in [0.15, 0.2) is 72.8 Å². The lowest BCUT2D eigenvalue weighted by atomic mass is 9.96. The molecule has 0 spiro atoms. The minimum Gasteiger partial charge on any atom is -0.492 e. The Morgan fingerprint density at radius 3 is 2.29 bits per heavy atom. The SMILES string of the molecule is Cc1ccc(OCCn2c(C(C)c3ccc(CC(C)C)cc3)nc3ccccc32)cc1. The number of ether oxygens (including phenoxy) is 1. The minimum absolute atomic E-state index is 0.208. The maximum Gasteiger partial charge on any atom is 0.119 e. The maximum absolute atomic E-state index is 6.03. The van der Waals surface area contributed by atoms with Crippen molar-refractivity contribution in [1.29, 1.82) is 0 Å². The number of aromatic nitrogens is 2. The Bertz CT molecular complexity index is 1120. The fourth-order valence-corrected chi connectivity index (χ4v) is 4.11. The van der Waals surface area contributed by atoms with Crippen molar-refractivity contribution < 1.29 is 4.74 Å². The first kappa shape index (κ1) is 21.2. The first-order valence-corrected chi connectivity index (χ1v) is 11.2. The predicted octanol–water partition coefficient (Wildman–Crippen LogP) is 6.77. The van der Waals surface area contributed by atoms with Crippen molar-refractivity contribution in [3.8, 4) is 5.75 Å². The quantitative estimate of drug-likeness (QED) is 0.319. The summed E-state index contributed by atoms with van der Waals surface area (Å²) in [4.78, 5) is 5.00. The molecule has 1 aromatic heterocycles. The molecule has 31 heavy (non-hydrogen) atoms. The highest BCUT2D eigenvalue weighted by molar-refractivity contribution is 5.76. The lowest BCUT2D eigenvalue weighted by Gasteiger charge is -2.16. The highest BCUT2D eigenvalue weighted by atomic mass is 16.5. The first-order chi connectivity index (χ1) is 15.0. The van der Waals surface area contributed by atoms with Crippen LogP contribution in [0.25, 0.3) is 11.0 Å². The zero-order valence-electron chi connectivity index (χ0n) is 19.0. The van der Waals surface area contributed by atoms with Gasteiger partial charge in [0.05, 0.1) is 17.6 Å². The molecule has 3 aromatic carbocycles. The summed E-state index contributed by atoms with van der Waals surface area (Å²) in [6.45, 7) is 10.2. The molecule has 0 saturated heterocycles. The molecule has 4 rings (SSSR count). The molecule has 160 valence electrons. The third-order valence-corrected chi connectivity index (χ3v) is 5.80. The van der Waals surface area contributed by atoms with Crippen LogP contribution < -0.4 is 4.74 Å². The number of hydrogen-bond acceptors (Lipinski definition) is 2. The molecule has 1 atom stereocenters. The number of rotatable bonds is 8. The smallest absolute Gasteiger partial charge is 0.119 e. The van der Waals surface area contributed by atoms with Crippen molar-refractivity contribution >= 4 is 11.0 Å². The van der Waals surface area contributed by atoms with Crippen LogP contribution in [0.3, 0.4) is 0 Å². The van der Waals surface area contributed by atoms with Gasteiger partial charge in [0, 0.05) is 5.92 Å². The summed E-state index contributed by atoms with van der Waals surface area (Å²) < 4.78 is 8.34. The van der Waals surface area contributed by atoms with Gasteiger partial charge in [0.15, 0.2) is 0 Å². The fraction of sp³-hybridized carbons (Fsp3) is 0.321. The molecule has 0 N–H and O–H groups in total. The van der Waals surface area contributed by atoms with E-state index in [2.05, 4.69) is 92.9 Å². The standard InChI is InChI=1S/C28H32N2O/c1-20(2)19-23-11-13-24(14-12-23)22(4)28-29-26-7-5-6-8-27(26)30(28)17-18-31-25-15-9-21(3)10-16-25/h5-16,20,22H,17-19H2,1-4H3. The third kappa shape index (κ3) is 4.99. The van der Waals surface area contributed by atoms with Gasteiger partial charge in [-0.05, 0) is 54.7 Å². The summed E-state index contributed by atoms with van der Waals surface area (Å²) in [5.41, 5.74) is 6.13. The van der Waals surface area contributed by atoms with E-state index >= 15 is 0 Å². The van der Waals surface area contributed by atoms with E-state index in [-0.39, 0.29) is 5.92 Å². The van der Waals surface area contributed by atoms with Crippen molar-refractivity contribution in [3.63, 3.8) is 0 Å². The number of para-hydroxylation sites is 2. The summed E-state index contributed by atoms with van der Waals surface area (Å²) in [6.07, 6.45) is 1.11. The number of hydrogen-bond donors (Lipinski definition) is 0. The van der Waals surface area contributed by atoms with Crippen LogP contribution in [-0.4, -0.2) is 16.2 Å². The fourth-order valence-electron chi connectivity index (χ4n) is 4.11. The Labute approximate surface area is 185 Å². The van der Waals surface area contributed by atoms with Crippen LogP contribution in [0.1, 0.15) is 49.2 Å². The zero-order chi connectivity index (χ0) is 21.8. The highest BCUT2D eigenvalue weighted by Gasteiger charge is 2.18. The van der Waals surface area contributed by atoms with Gasteiger partial charge >= 0.3 is 0 Å². The van der Waals surface area contributed by atoms with Gasteiger partial charge in [0.25, 0.3) is 0 Å². The summed E-state index contributed by atoms with van der Waals surface area (Å²) in [6, 6.07) is 25.6. The Balaban J connectivity index is 1.57. The number of imidazole rings is 1. The van der Waals surface area contributed by atoms with Gasteiger partial charge in [-0.25, -0.2) is 4.98 Å². The normalized spacial score (nSPS) is 12.4. The Hall–Kier alpha value is -3.07. The van der Waals surface area contributed by atoms with E-state index in [9.17, 15) is 0 Å². The predicted molar refractivity (Wildman–Crippen MR) is 129 cm³/mol. The monoisotopic (exact) mass is 412 g/mol. The number of nitrogens with zero attached hydrogens (tertiary/aromatic N) is 2. The second-order valence-electron chi connectivity index (χ2n) is 8.83. The van der Waals surface area contributed by atoms with Crippen molar-refractivity contribution in [3.05, 3.63) is 95.3 Å². The van der Waals surface area contributed by atoms with Gasteiger partial charge in [-0.1, -0.05) is 74.9 Å². The molecule has 0 radical (unpaired) electrons. The molecule has 1 heterocycles. The highest BCUT2D eigenvalue weighted by Crippen LogP contribution is 2.28. The van der Waals surface area contributed by atoms with E-state index in [4.69, 9.17) is 9.72 Å². The van der Waals surface area contributed by atoms with Gasteiger partial charge in [-0.15, -0.1) is 0 Å². The first-order valence-electron chi connectivity index (χ1n) is 11.2. The summed E-state index contributed by atoms with van der Waals surface area (Å²) in [7, 11) is 0. The minimum atomic E-state index is 0.208. The maximum atomic E-state index is 6.03. The van der Waals surface area contributed by atoms with Gasteiger partial charge in [-0.2, -0.15) is 0 Å². The van der Waals surface area contributed by atoms with Gasteiger partial charge < -0.3 is 9.30 Å². The van der Waals surface area contributed by atoms with Crippen LogP contribution in [0.4, 0.5) is 0 Å². The molecule has 0 aliphatic heterocycles. The summed E-state index contributed by atoms with van der Waals surface area (Å²) in [5.74, 6) is 2.87. The van der Waals surface area contributed by atoms with Gasteiger partial charge in [-0.3, -0.25) is 0 Å². The van der Waals surface area contributed by atoms with E-state index < -0.39 is 0 Å². The van der Waals surface area contributed by atoms with Crippen LogP contribution in [-0.2, 0) is 13.0 Å². The zero-order valence-corrected chi connectivity index (χ0v) is 19.0. The number of fused-ring (bicyclic) bond motifs is 1. The van der Waals surface area contributed by atoms with Crippen molar-refractivity contribution in [2.45, 2.75) is 46.6 Å². The average molecular weight is 413 g/mol. The second kappa shape index (κ2) is 9.38. The van der Waals surface area contributed by atoms with Gasteiger partial charge in [0.2, 0.25) is 0 Å². The Morgan fingerprint density at radius 2 is 1.58 bits per heavy atom. The van der Waals surface area contributed by atoms with Crippen molar-refractivity contribution in [2.75, 3.05) is 6.61 Å². The molecular weight excluding hydrogens is 380 g/mol. The van der Waals surface area contributed by atoms with E-state index in [0.29, 0.717) is 12.5 Å². The van der Waals surface area contributed by atoms with E-state index in [1.165, 1.54) is 16.7 Å².